The molecule has 0 aliphatic carbocycles. The Balaban J connectivity index is 2.41. The first-order valence-electron chi connectivity index (χ1n) is 12.9. The lowest BCUT2D eigenvalue weighted by Crippen LogP contribution is -2.57. The second-order valence-corrected chi connectivity index (χ2v) is 10.1. The Morgan fingerprint density at radius 3 is 1.72 bits per heavy atom. The Kier molecular flexibility index (Phi) is 15.6. The van der Waals surface area contributed by atoms with Gasteiger partial charge < -0.3 is 4.74 Å². The fourth-order valence-electron chi connectivity index (χ4n) is 3.29. The molecule has 43 heavy (non-hydrogen) atoms. The summed E-state index contributed by atoms with van der Waals surface area (Å²) in [6.07, 6.45) is -30.2. The van der Waals surface area contributed by atoms with Gasteiger partial charge in [0.25, 0.3) is 0 Å². The van der Waals surface area contributed by atoms with E-state index in [4.69, 9.17) is 4.84 Å². The van der Waals surface area contributed by atoms with E-state index in [-0.39, 0.29) is 18.4 Å². The molecule has 0 aromatic carbocycles. The van der Waals surface area contributed by atoms with Crippen molar-refractivity contribution < 1.29 is 80.9 Å². The van der Waals surface area contributed by atoms with Gasteiger partial charge in [0, 0.05) is 6.61 Å². The molecule has 0 amide bonds. The SMILES string of the molecule is CCCCCCCCCCC1SC=NN1OCCCOCC(F)(F)OC(F)(F)C(F)(F)OC(F)(F)C(F)(F)OC(F)(F)F. The molecule has 1 heterocycles. The lowest BCUT2D eigenvalue weighted by Gasteiger charge is -2.33. The van der Waals surface area contributed by atoms with Crippen LogP contribution in [0.5, 0.6) is 0 Å². The first-order valence-corrected chi connectivity index (χ1v) is 13.8. The van der Waals surface area contributed by atoms with Gasteiger partial charge in [0.1, 0.15) is 12.0 Å². The van der Waals surface area contributed by atoms with Crippen molar-refractivity contribution in [3.05, 3.63) is 0 Å². The van der Waals surface area contributed by atoms with Gasteiger partial charge in [-0.2, -0.15) is 54.2 Å². The van der Waals surface area contributed by atoms with Crippen LogP contribution < -0.4 is 0 Å². The summed E-state index contributed by atoms with van der Waals surface area (Å²) in [6.45, 7) is -0.817. The molecule has 0 spiro atoms. The second-order valence-electron chi connectivity index (χ2n) is 9.07. The molecule has 256 valence electrons. The number of nitrogens with zero attached hydrogens (tertiary/aromatic N) is 2. The topological polar surface area (TPSA) is 61.8 Å². The summed E-state index contributed by atoms with van der Waals surface area (Å²) in [4.78, 5) is 5.37. The van der Waals surface area contributed by atoms with Gasteiger partial charge >= 0.3 is 36.9 Å². The van der Waals surface area contributed by atoms with Crippen LogP contribution in [-0.2, 0) is 23.8 Å². The van der Waals surface area contributed by atoms with Crippen LogP contribution in [0.2, 0.25) is 0 Å². The fourth-order valence-corrected chi connectivity index (χ4v) is 4.10. The van der Waals surface area contributed by atoms with Gasteiger partial charge in [-0.15, -0.1) is 13.2 Å². The molecular formula is C22H31F13N2O5S. The van der Waals surface area contributed by atoms with Crippen molar-refractivity contribution in [1.82, 2.24) is 5.17 Å². The zero-order chi connectivity index (χ0) is 33.0. The van der Waals surface area contributed by atoms with Crippen LogP contribution >= 0.6 is 11.8 Å². The number of ether oxygens (including phenoxy) is 4. The molecule has 0 fully saturated rings. The second kappa shape index (κ2) is 16.9. The number of rotatable bonds is 23. The van der Waals surface area contributed by atoms with Crippen molar-refractivity contribution in [2.75, 3.05) is 19.8 Å². The van der Waals surface area contributed by atoms with Crippen LogP contribution in [0.15, 0.2) is 5.10 Å². The van der Waals surface area contributed by atoms with Gasteiger partial charge in [0.2, 0.25) is 0 Å². The number of unbranched alkanes of at least 4 members (excludes halogenated alkanes) is 7. The lowest BCUT2D eigenvalue weighted by molar-refractivity contribution is -0.564. The molecular weight excluding hydrogens is 651 g/mol. The smallest absolute Gasteiger partial charge is 0.372 e. The maximum atomic E-state index is 13.6. The Morgan fingerprint density at radius 2 is 1.16 bits per heavy atom. The number of halogens is 13. The lowest BCUT2D eigenvalue weighted by atomic mass is 10.1. The number of alkyl halides is 13. The molecule has 1 aliphatic rings. The summed E-state index contributed by atoms with van der Waals surface area (Å²) < 4.78 is 178. The number of hydrogen-bond donors (Lipinski definition) is 0. The van der Waals surface area contributed by atoms with Crippen LogP contribution in [0.1, 0.15) is 71.1 Å². The molecule has 0 N–H and O–H groups in total. The van der Waals surface area contributed by atoms with Crippen molar-refractivity contribution in [2.24, 2.45) is 5.10 Å². The van der Waals surface area contributed by atoms with Gasteiger partial charge in [0.15, 0.2) is 0 Å². The normalized spacial score (nSPS) is 17.3. The number of thioether (sulfide) groups is 1. The molecule has 1 aliphatic heterocycles. The molecule has 7 nitrogen and oxygen atoms in total. The van der Waals surface area contributed by atoms with E-state index in [1.807, 2.05) is 0 Å². The van der Waals surface area contributed by atoms with Crippen LogP contribution in [0.4, 0.5) is 57.1 Å². The highest BCUT2D eigenvalue weighted by molar-refractivity contribution is 8.12. The van der Waals surface area contributed by atoms with E-state index in [9.17, 15) is 57.1 Å². The van der Waals surface area contributed by atoms with E-state index in [1.165, 1.54) is 41.7 Å². The Labute approximate surface area is 242 Å². The maximum Gasteiger partial charge on any atom is 0.527 e. The van der Waals surface area contributed by atoms with Gasteiger partial charge in [-0.05, 0) is 12.8 Å². The molecule has 0 aromatic heterocycles. The van der Waals surface area contributed by atoms with Crippen molar-refractivity contribution >= 4 is 17.3 Å². The van der Waals surface area contributed by atoms with Crippen molar-refractivity contribution in [3.63, 3.8) is 0 Å². The highest BCUT2D eigenvalue weighted by atomic mass is 32.2. The maximum absolute atomic E-state index is 13.6. The fraction of sp³-hybridized carbons (Fsp3) is 0.955. The van der Waals surface area contributed by atoms with E-state index in [0.717, 1.165) is 38.5 Å². The monoisotopic (exact) mass is 682 g/mol. The predicted molar refractivity (Wildman–Crippen MR) is 124 cm³/mol. The van der Waals surface area contributed by atoms with E-state index in [2.05, 4.69) is 21.5 Å². The van der Waals surface area contributed by atoms with Gasteiger partial charge in [-0.25, -0.2) is 14.2 Å². The first kappa shape index (κ1) is 39.7. The minimum Gasteiger partial charge on any atom is -0.372 e. The Bertz CT molecular complexity index is 838. The Morgan fingerprint density at radius 1 is 0.651 bits per heavy atom. The van der Waals surface area contributed by atoms with E-state index >= 15 is 0 Å². The van der Waals surface area contributed by atoms with Crippen LogP contribution in [0.3, 0.4) is 0 Å². The van der Waals surface area contributed by atoms with Crippen molar-refractivity contribution in [2.45, 2.75) is 113 Å². The van der Waals surface area contributed by atoms with Crippen molar-refractivity contribution in [1.29, 1.82) is 0 Å². The van der Waals surface area contributed by atoms with Crippen LogP contribution in [-0.4, -0.2) is 72.8 Å². The molecule has 0 aromatic rings. The van der Waals surface area contributed by atoms with Gasteiger partial charge in [-0.1, -0.05) is 70.1 Å². The summed E-state index contributed by atoms with van der Waals surface area (Å²) in [5.74, 6) is 0. The summed E-state index contributed by atoms with van der Waals surface area (Å²) in [5.41, 5.74) is 1.53. The van der Waals surface area contributed by atoms with Crippen molar-refractivity contribution in [3.8, 4) is 0 Å². The van der Waals surface area contributed by atoms with Crippen LogP contribution in [0, 0.1) is 0 Å². The molecule has 21 heteroatoms. The molecule has 1 atom stereocenters. The number of hydrogen-bond acceptors (Lipinski definition) is 8. The van der Waals surface area contributed by atoms with Gasteiger partial charge in [0.05, 0.1) is 12.2 Å². The minimum absolute atomic E-state index is 0.141. The van der Waals surface area contributed by atoms with E-state index < -0.39 is 50.1 Å². The third-order valence-electron chi connectivity index (χ3n) is 5.31. The summed E-state index contributed by atoms with van der Waals surface area (Å²) in [7, 11) is 0. The molecule has 0 saturated heterocycles. The molecule has 0 saturated carbocycles. The average Bonchev–Trinajstić information content (AvgIpc) is 3.27. The first-order chi connectivity index (χ1) is 19.6. The van der Waals surface area contributed by atoms with Gasteiger partial charge in [-0.3, -0.25) is 4.84 Å². The average molecular weight is 683 g/mol. The molecule has 0 bridgehead atoms. The van der Waals surface area contributed by atoms with Crippen LogP contribution in [0.25, 0.3) is 0 Å². The highest BCUT2D eigenvalue weighted by Gasteiger charge is 2.74. The summed E-state index contributed by atoms with van der Waals surface area (Å²) in [5, 5.41) is 5.12. The zero-order valence-corrected chi connectivity index (χ0v) is 23.4. The molecule has 0 radical (unpaired) electrons. The predicted octanol–water partition coefficient (Wildman–Crippen LogP) is 8.71. The highest BCUT2D eigenvalue weighted by Crippen LogP contribution is 2.48. The summed E-state index contributed by atoms with van der Waals surface area (Å²) >= 11 is 1.39. The number of hydrazone groups is 1. The standard InChI is InChI=1S/C22H31F13N2O5S/c1-2-3-4-5-6-7-8-9-11-16-37(36-15-43-16)39-13-10-12-38-14-17(23,24)40-18(25,26)19(27,28)41-20(29,30)21(31,32)42-22(33,34)35/h15-16H,2-14H2,1H3. The Hall–Kier alpha value is -1.29. The number of hydroxylamine groups is 1. The third kappa shape index (κ3) is 14.6. The molecule has 1 rings (SSSR count). The minimum atomic E-state index is -7.09. The van der Waals surface area contributed by atoms with E-state index in [1.54, 1.807) is 9.47 Å². The zero-order valence-electron chi connectivity index (χ0n) is 22.6. The quantitative estimate of drug-likeness (QED) is 0.0790. The molecule has 1 unspecified atom stereocenters. The van der Waals surface area contributed by atoms with E-state index in [0.29, 0.717) is 0 Å². The third-order valence-corrected chi connectivity index (χ3v) is 6.26. The summed E-state index contributed by atoms with van der Waals surface area (Å²) in [6, 6.07) is 0. The largest absolute Gasteiger partial charge is 0.527 e.